The molecule has 1 heterocycles. The Kier molecular flexibility index (Phi) is 6.43. The van der Waals surface area contributed by atoms with Crippen molar-refractivity contribution in [2.24, 2.45) is 0 Å². The van der Waals surface area contributed by atoms with Crippen LogP contribution >= 0.6 is 0 Å². The first kappa shape index (κ1) is 20.1. The summed E-state index contributed by atoms with van der Waals surface area (Å²) in [6, 6.07) is 18.3. The highest BCUT2D eigenvalue weighted by Crippen LogP contribution is 2.26. The lowest BCUT2D eigenvalue weighted by molar-refractivity contribution is -0.122. The predicted octanol–water partition coefficient (Wildman–Crippen LogP) is 5.35. The molecule has 0 saturated heterocycles. The molecule has 4 nitrogen and oxygen atoms in total. The zero-order chi connectivity index (χ0) is 20.8. The van der Waals surface area contributed by atoms with Crippen LogP contribution in [-0.2, 0) is 24.1 Å². The Bertz CT molecular complexity index is 984. The van der Waals surface area contributed by atoms with E-state index in [1.807, 2.05) is 49.4 Å². The summed E-state index contributed by atoms with van der Waals surface area (Å²) in [5, 5.41) is 2.99. The second kappa shape index (κ2) is 9.57. The molecule has 30 heavy (non-hydrogen) atoms. The Labute approximate surface area is 178 Å². The third-order valence-electron chi connectivity index (χ3n) is 5.64. The highest BCUT2D eigenvalue weighted by molar-refractivity contribution is 5.94. The van der Waals surface area contributed by atoms with Crippen molar-refractivity contribution in [2.45, 2.75) is 51.6 Å². The summed E-state index contributed by atoms with van der Waals surface area (Å²) in [6.07, 6.45) is 9.28. The maximum absolute atomic E-state index is 12.8. The lowest BCUT2D eigenvalue weighted by Gasteiger charge is -2.20. The Morgan fingerprint density at radius 1 is 0.967 bits per heavy atom. The number of fused-ring (bicyclic) bond motifs is 1. The summed E-state index contributed by atoms with van der Waals surface area (Å²) in [5.74, 6) is 0.669. The highest BCUT2D eigenvalue weighted by atomic mass is 16.5. The molecule has 0 fully saturated rings. The summed E-state index contributed by atoms with van der Waals surface area (Å²) in [6.45, 7) is 1.97. The normalized spacial score (nSPS) is 13.9. The second-order valence-electron chi connectivity index (χ2n) is 7.87. The number of carbonyl (C=O) groups excluding carboxylic acids is 1. The average molecular weight is 401 g/mol. The number of aryl methyl sites for hydroxylation is 2. The minimum absolute atomic E-state index is 0.114. The fourth-order valence-corrected chi connectivity index (χ4v) is 3.93. The van der Waals surface area contributed by atoms with Crippen LogP contribution in [0.25, 0.3) is 0 Å². The first-order valence-corrected chi connectivity index (χ1v) is 10.8. The third-order valence-corrected chi connectivity index (χ3v) is 5.64. The van der Waals surface area contributed by atoms with Crippen LogP contribution in [0.4, 0.5) is 5.69 Å². The van der Waals surface area contributed by atoms with E-state index in [-0.39, 0.29) is 5.91 Å². The van der Waals surface area contributed by atoms with Crippen molar-refractivity contribution in [3.05, 3.63) is 89.2 Å². The van der Waals surface area contributed by atoms with Gasteiger partial charge < -0.3 is 10.1 Å². The maximum atomic E-state index is 12.8. The smallest absolute Gasteiger partial charge is 0.265 e. The third kappa shape index (κ3) is 5.07. The number of nitrogens with one attached hydrogen (secondary N) is 1. The number of amides is 1. The second-order valence-corrected chi connectivity index (χ2v) is 7.87. The number of pyridine rings is 1. The van der Waals surface area contributed by atoms with Crippen LogP contribution < -0.4 is 10.1 Å². The first-order valence-electron chi connectivity index (χ1n) is 10.8. The average Bonchev–Trinajstić information content (AvgIpc) is 2.79. The molecule has 0 radical (unpaired) electrons. The predicted molar refractivity (Wildman–Crippen MR) is 120 cm³/mol. The zero-order valence-corrected chi connectivity index (χ0v) is 17.4. The molecule has 2 aromatic carbocycles. The fraction of sp³-hybridized carbons (Fsp3) is 0.308. The van der Waals surface area contributed by atoms with Gasteiger partial charge in [-0.15, -0.1) is 0 Å². The highest BCUT2D eigenvalue weighted by Gasteiger charge is 2.19. The van der Waals surface area contributed by atoms with E-state index in [9.17, 15) is 4.79 Å². The molecule has 1 aliphatic carbocycles. The number of aromatic nitrogens is 1. The van der Waals surface area contributed by atoms with Gasteiger partial charge in [-0.05, 0) is 97.2 Å². The van der Waals surface area contributed by atoms with Crippen molar-refractivity contribution >= 4 is 11.6 Å². The molecule has 4 rings (SSSR count). The molecule has 3 aromatic rings. The van der Waals surface area contributed by atoms with E-state index >= 15 is 0 Å². The first-order chi connectivity index (χ1) is 14.7. The molecule has 0 spiro atoms. The quantitative estimate of drug-likeness (QED) is 0.582. The molecular formula is C26H28N2O2. The summed E-state index contributed by atoms with van der Waals surface area (Å²) in [5.41, 5.74) is 5.96. The number of carbonyl (C=O) groups is 1. The maximum Gasteiger partial charge on any atom is 0.265 e. The number of hydrogen-bond donors (Lipinski definition) is 1. The van der Waals surface area contributed by atoms with Crippen molar-refractivity contribution < 1.29 is 9.53 Å². The van der Waals surface area contributed by atoms with Gasteiger partial charge >= 0.3 is 0 Å². The van der Waals surface area contributed by atoms with Gasteiger partial charge in [-0.1, -0.05) is 25.1 Å². The van der Waals surface area contributed by atoms with Crippen molar-refractivity contribution in [3.63, 3.8) is 0 Å². The molecule has 1 aromatic heterocycles. The number of anilines is 1. The number of rotatable bonds is 7. The van der Waals surface area contributed by atoms with Crippen LogP contribution in [0.2, 0.25) is 0 Å². The van der Waals surface area contributed by atoms with Gasteiger partial charge in [0.25, 0.3) is 5.91 Å². The van der Waals surface area contributed by atoms with Crippen molar-refractivity contribution in [2.75, 3.05) is 5.32 Å². The molecular weight excluding hydrogens is 372 g/mol. The Hall–Kier alpha value is -3.14. The Morgan fingerprint density at radius 2 is 1.67 bits per heavy atom. The molecule has 0 bridgehead atoms. The minimum Gasteiger partial charge on any atom is -0.481 e. The van der Waals surface area contributed by atoms with Crippen molar-refractivity contribution in [1.82, 2.24) is 4.98 Å². The van der Waals surface area contributed by atoms with E-state index < -0.39 is 6.10 Å². The van der Waals surface area contributed by atoms with Crippen molar-refractivity contribution in [3.8, 4) is 5.75 Å². The summed E-state index contributed by atoms with van der Waals surface area (Å²) < 4.78 is 6.05. The molecule has 1 unspecified atom stereocenters. The van der Waals surface area contributed by atoms with Gasteiger partial charge in [0.05, 0.1) is 0 Å². The van der Waals surface area contributed by atoms with Crippen LogP contribution in [0.1, 0.15) is 48.4 Å². The SMILES string of the molecule is CCC(Oc1ccc2c(c1)CCCC2)C(=O)Nc1ccc(Cc2ccncc2)cc1. The van der Waals surface area contributed by atoms with Crippen LogP contribution in [0.3, 0.4) is 0 Å². The molecule has 154 valence electrons. The molecule has 1 amide bonds. The minimum atomic E-state index is -0.511. The topological polar surface area (TPSA) is 51.2 Å². The molecule has 0 aliphatic heterocycles. The van der Waals surface area contributed by atoms with E-state index in [1.54, 1.807) is 12.4 Å². The molecule has 1 N–H and O–H groups in total. The number of ether oxygens (including phenoxy) is 1. The summed E-state index contributed by atoms with van der Waals surface area (Å²) in [4.78, 5) is 16.8. The van der Waals surface area contributed by atoms with E-state index in [2.05, 4.69) is 22.4 Å². The van der Waals surface area contributed by atoms with Gasteiger partial charge in [0.15, 0.2) is 6.10 Å². The van der Waals surface area contributed by atoms with Gasteiger partial charge in [-0.25, -0.2) is 0 Å². The molecule has 0 saturated carbocycles. The Balaban J connectivity index is 1.37. The summed E-state index contributed by atoms with van der Waals surface area (Å²) >= 11 is 0. The number of benzene rings is 2. The molecule has 1 aliphatic rings. The van der Waals surface area contributed by atoms with Gasteiger partial charge in [0.2, 0.25) is 0 Å². The molecule has 4 heteroatoms. The molecule has 1 atom stereocenters. The fourth-order valence-electron chi connectivity index (χ4n) is 3.93. The van der Waals surface area contributed by atoms with Gasteiger partial charge in [-0.2, -0.15) is 0 Å². The lowest BCUT2D eigenvalue weighted by Crippen LogP contribution is -2.32. The van der Waals surface area contributed by atoms with Crippen molar-refractivity contribution in [1.29, 1.82) is 0 Å². The van der Waals surface area contributed by atoms with E-state index in [0.29, 0.717) is 6.42 Å². The van der Waals surface area contributed by atoms with Gasteiger partial charge in [0.1, 0.15) is 5.75 Å². The monoisotopic (exact) mass is 400 g/mol. The number of hydrogen-bond acceptors (Lipinski definition) is 3. The van der Waals surface area contributed by atoms with E-state index in [4.69, 9.17) is 4.74 Å². The summed E-state index contributed by atoms with van der Waals surface area (Å²) in [7, 11) is 0. The van der Waals surface area contributed by atoms with Crippen LogP contribution in [0.15, 0.2) is 67.0 Å². The standard InChI is InChI=1S/C26H28N2O2/c1-2-25(30-24-12-9-21-5-3-4-6-22(21)18-24)26(29)28-23-10-7-19(8-11-23)17-20-13-15-27-16-14-20/h7-16,18,25H,2-6,17H2,1H3,(H,28,29). The number of nitrogens with zero attached hydrogens (tertiary/aromatic N) is 1. The largest absolute Gasteiger partial charge is 0.481 e. The van der Waals surface area contributed by atoms with E-state index in [1.165, 1.54) is 35.1 Å². The van der Waals surface area contributed by atoms with Crippen LogP contribution in [0.5, 0.6) is 5.75 Å². The Morgan fingerprint density at radius 3 is 2.40 bits per heavy atom. The van der Waals surface area contributed by atoms with Crippen LogP contribution in [-0.4, -0.2) is 17.0 Å². The van der Waals surface area contributed by atoms with Gasteiger partial charge in [0, 0.05) is 18.1 Å². The van der Waals surface area contributed by atoms with E-state index in [0.717, 1.165) is 30.7 Å². The van der Waals surface area contributed by atoms with Gasteiger partial charge in [-0.3, -0.25) is 9.78 Å². The zero-order valence-electron chi connectivity index (χ0n) is 17.4. The van der Waals surface area contributed by atoms with Crippen LogP contribution in [0, 0.1) is 0 Å². The lowest BCUT2D eigenvalue weighted by atomic mass is 9.92.